The summed E-state index contributed by atoms with van der Waals surface area (Å²) in [5, 5.41) is 24.3. The Morgan fingerprint density at radius 1 is 1.15 bits per heavy atom. The smallest absolute Gasteiger partial charge is 0.423 e. The van der Waals surface area contributed by atoms with Gasteiger partial charge in [-0.3, -0.25) is 0 Å². The summed E-state index contributed by atoms with van der Waals surface area (Å²) in [6, 6.07) is 7.27. The summed E-state index contributed by atoms with van der Waals surface area (Å²) in [6.07, 6.45) is 1.10. The van der Waals surface area contributed by atoms with Crippen LogP contribution in [0.15, 0.2) is 36.4 Å². The summed E-state index contributed by atoms with van der Waals surface area (Å²) in [6.45, 7) is 10.3. The molecule has 4 nitrogen and oxygen atoms in total. The zero-order valence-electron chi connectivity index (χ0n) is 12.8. The minimum Gasteiger partial charge on any atom is -0.423 e. The molecule has 0 spiro atoms. The van der Waals surface area contributed by atoms with E-state index in [0.717, 1.165) is 31.6 Å². The molecule has 0 aliphatic carbocycles. The van der Waals surface area contributed by atoms with Crippen LogP contribution in [0.3, 0.4) is 0 Å². The predicted octanol–water partition coefficient (Wildman–Crippen LogP) is 0.648. The number of hydrogen-bond donors (Lipinski definition) is 4. The van der Waals surface area contributed by atoms with Crippen molar-refractivity contribution in [2.75, 3.05) is 20.1 Å². The van der Waals surface area contributed by atoms with Gasteiger partial charge in [0.1, 0.15) is 0 Å². The molecule has 5 heteroatoms. The molecule has 0 saturated carbocycles. The average Bonchev–Trinajstić information content (AvgIpc) is 2.38. The number of benzene rings is 1. The van der Waals surface area contributed by atoms with E-state index in [4.69, 9.17) is 10.0 Å². The Balaban J connectivity index is 0.000000796. The molecule has 4 N–H and O–H groups in total. The standard InChI is InChI=1S/C11H19BN2O2.C4H8/c1-13-7-2-8-14-9-10-3-5-11(6-4-10)12(15)16;1-4(2)3/h3-6,13-16H,2,7-9H2,1H3;1H2,2-3H3. The molecule has 0 aromatic heterocycles. The predicted molar refractivity (Wildman–Crippen MR) is 87.0 cm³/mol. The fourth-order valence-electron chi connectivity index (χ4n) is 1.43. The molecule has 1 aromatic carbocycles. The van der Waals surface area contributed by atoms with E-state index in [1.165, 1.54) is 5.57 Å². The molecule has 1 rings (SSSR count). The topological polar surface area (TPSA) is 64.5 Å². The Morgan fingerprint density at radius 2 is 1.70 bits per heavy atom. The van der Waals surface area contributed by atoms with Crippen LogP contribution in [0.4, 0.5) is 0 Å². The van der Waals surface area contributed by atoms with Crippen molar-refractivity contribution in [1.29, 1.82) is 0 Å². The molecular weight excluding hydrogens is 251 g/mol. The van der Waals surface area contributed by atoms with Gasteiger partial charge >= 0.3 is 7.12 Å². The molecule has 0 aliphatic heterocycles. The highest BCUT2D eigenvalue weighted by Crippen LogP contribution is 1.96. The van der Waals surface area contributed by atoms with Crippen LogP contribution in [-0.2, 0) is 6.54 Å². The van der Waals surface area contributed by atoms with E-state index in [1.54, 1.807) is 12.1 Å². The number of nitrogens with one attached hydrogen (secondary N) is 2. The van der Waals surface area contributed by atoms with Gasteiger partial charge in [-0.25, -0.2) is 0 Å². The first-order valence-corrected chi connectivity index (χ1v) is 6.89. The molecule has 1 aromatic rings. The second kappa shape index (κ2) is 11.7. The van der Waals surface area contributed by atoms with E-state index in [9.17, 15) is 0 Å². The monoisotopic (exact) mass is 278 g/mol. The normalized spacial score (nSPS) is 9.65. The van der Waals surface area contributed by atoms with Gasteiger partial charge in [-0.15, -0.1) is 6.58 Å². The van der Waals surface area contributed by atoms with Crippen molar-refractivity contribution >= 4 is 12.6 Å². The van der Waals surface area contributed by atoms with Crippen LogP contribution in [0.2, 0.25) is 0 Å². The van der Waals surface area contributed by atoms with Crippen molar-refractivity contribution in [3.05, 3.63) is 42.0 Å². The molecule has 0 saturated heterocycles. The van der Waals surface area contributed by atoms with Gasteiger partial charge in [0.15, 0.2) is 0 Å². The molecule has 0 atom stereocenters. The molecule has 0 radical (unpaired) electrons. The van der Waals surface area contributed by atoms with E-state index in [-0.39, 0.29) is 0 Å². The van der Waals surface area contributed by atoms with Gasteiger partial charge < -0.3 is 20.7 Å². The van der Waals surface area contributed by atoms with Gasteiger partial charge in [0, 0.05) is 6.54 Å². The second-order valence-corrected chi connectivity index (χ2v) is 4.96. The van der Waals surface area contributed by atoms with Gasteiger partial charge in [-0.05, 0) is 51.4 Å². The van der Waals surface area contributed by atoms with Crippen molar-refractivity contribution < 1.29 is 10.0 Å². The maximum atomic E-state index is 8.92. The van der Waals surface area contributed by atoms with Gasteiger partial charge in [0.25, 0.3) is 0 Å². The lowest BCUT2D eigenvalue weighted by Crippen LogP contribution is -2.29. The van der Waals surface area contributed by atoms with Gasteiger partial charge in [0.05, 0.1) is 0 Å². The lowest BCUT2D eigenvalue weighted by atomic mass is 9.80. The zero-order chi connectivity index (χ0) is 15.4. The lowest BCUT2D eigenvalue weighted by Gasteiger charge is -2.05. The van der Waals surface area contributed by atoms with Crippen molar-refractivity contribution in [2.24, 2.45) is 0 Å². The molecule has 112 valence electrons. The first-order valence-electron chi connectivity index (χ1n) is 6.89. The first-order chi connectivity index (χ1) is 9.47. The molecule has 0 bridgehead atoms. The van der Waals surface area contributed by atoms with E-state index in [2.05, 4.69) is 17.2 Å². The third-order valence-electron chi connectivity index (χ3n) is 2.39. The van der Waals surface area contributed by atoms with Crippen molar-refractivity contribution in [3.63, 3.8) is 0 Å². The maximum Gasteiger partial charge on any atom is 0.488 e. The number of hydrogen-bond acceptors (Lipinski definition) is 4. The van der Waals surface area contributed by atoms with Crippen molar-refractivity contribution in [2.45, 2.75) is 26.8 Å². The van der Waals surface area contributed by atoms with Gasteiger partial charge in [-0.2, -0.15) is 0 Å². The van der Waals surface area contributed by atoms with Crippen LogP contribution >= 0.6 is 0 Å². The minimum absolute atomic E-state index is 0.527. The summed E-state index contributed by atoms with van der Waals surface area (Å²) >= 11 is 0. The van der Waals surface area contributed by atoms with E-state index in [0.29, 0.717) is 5.46 Å². The SMILES string of the molecule is C=C(C)C.CNCCCNCc1ccc(B(O)O)cc1. The zero-order valence-corrected chi connectivity index (χ0v) is 12.8. The van der Waals surface area contributed by atoms with Crippen LogP contribution in [0.25, 0.3) is 0 Å². The number of rotatable bonds is 7. The van der Waals surface area contributed by atoms with Gasteiger partial charge in [0.2, 0.25) is 0 Å². The third-order valence-corrected chi connectivity index (χ3v) is 2.39. The van der Waals surface area contributed by atoms with Crippen LogP contribution < -0.4 is 16.1 Å². The molecule has 0 aliphatic rings. The molecule has 20 heavy (non-hydrogen) atoms. The van der Waals surface area contributed by atoms with Crippen LogP contribution in [0, 0.1) is 0 Å². The van der Waals surface area contributed by atoms with Crippen molar-refractivity contribution in [1.82, 2.24) is 10.6 Å². The van der Waals surface area contributed by atoms with Crippen molar-refractivity contribution in [3.8, 4) is 0 Å². The van der Waals surface area contributed by atoms with E-state index < -0.39 is 7.12 Å². The fourth-order valence-corrected chi connectivity index (χ4v) is 1.43. The summed E-state index contributed by atoms with van der Waals surface area (Å²) in [5.41, 5.74) is 2.84. The highest BCUT2D eigenvalue weighted by molar-refractivity contribution is 6.58. The van der Waals surface area contributed by atoms with E-state index >= 15 is 0 Å². The lowest BCUT2D eigenvalue weighted by molar-refractivity contribution is 0.426. The van der Waals surface area contributed by atoms with E-state index in [1.807, 2.05) is 33.0 Å². The molecule has 0 heterocycles. The Kier molecular flexibility index (Phi) is 11.0. The Morgan fingerprint density at radius 3 is 2.15 bits per heavy atom. The third kappa shape index (κ3) is 10.8. The summed E-state index contributed by atoms with van der Waals surface area (Å²) < 4.78 is 0. The second-order valence-electron chi connectivity index (χ2n) is 4.96. The first kappa shape index (κ1) is 18.9. The number of allylic oxidation sites excluding steroid dienone is 1. The summed E-state index contributed by atoms with van der Waals surface area (Å²) in [5.74, 6) is 0. The highest BCUT2D eigenvalue weighted by atomic mass is 16.4. The largest absolute Gasteiger partial charge is 0.488 e. The quantitative estimate of drug-likeness (QED) is 0.336. The molecule has 0 unspecified atom stereocenters. The Bertz CT molecular complexity index is 363. The van der Waals surface area contributed by atoms with Gasteiger partial charge in [-0.1, -0.05) is 29.8 Å². The van der Waals surface area contributed by atoms with Crippen LogP contribution in [0.1, 0.15) is 25.8 Å². The minimum atomic E-state index is -1.38. The van der Waals surface area contributed by atoms with Crippen LogP contribution in [0.5, 0.6) is 0 Å². The Hall–Kier alpha value is -1.14. The summed E-state index contributed by atoms with van der Waals surface area (Å²) in [7, 11) is 0.566. The average molecular weight is 278 g/mol. The molecule has 0 amide bonds. The highest BCUT2D eigenvalue weighted by Gasteiger charge is 2.09. The van der Waals surface area contributed by atoms with Crippen LogP contribution in [-0.4, -0.2) is 37.3 Å². The fraction of sp³-hybridized carbons (Fsp3) is 0.467. The Labute approximate surface area is 123 Å². The maximum absolute atomic E-state index is 8.92. The molecular formula is C15H27BN2O2. The summed E-state index contributed by atoms with van der Waals surface area (Å²) in [4.78, 5) is 0. The molecule has 0 fully saturated rings.